The number of ether oxygens (including phenoxy) is 1. The van der Waals surface area contributed by atoms with E-state index in [4.69, 9.17) is 4.74 Å². The van der Waals surface area contributed by atoms with Gasteiger partial charge in [-0.2, -0.15) is 0 Å². The van der Waals surface area contributed by atoms with Gasteiger partial charge in [0.05, 0.1) is 17.8 Å². The van der Waals surface area contributed by atoms with Gasteiger partial charge in [-0.1, -0.05) is 18.2 Å². The van der Waals surface area contributed by atoms with Crippen LogP contribution in [0.3, 0.4) is 0 Å². The van der Waals surface area contributed by atoms with Crippen LogP contribution in [0.1, 0.15) is 29.8 Å². The molecule has 1 spiro atoms. The molecule has 3 heterocycles. The lowest BCUT2D eigenvalue weighted by Gasteiger charge is -2.42. The molecule has 5 nitrogen and oxygen atoms in total. The Morgan fingerprint density at radius 2 is 2.08 bits per heavy atom. The third-order valence-electron chi connectivity index (χ3n) is 5.39. The maximum absolute atomic E-state index is 13.5. The fraction of sp³-hybridized carbons (Fsp3) is 0.500. The predicted octanol–water partition coefficient (Wildman–Crippen LogP) is 3.24. The molecule has 0 saturated carbocycles. The van der Waals surface area contributed by atoms with E-state index in [2.05, 4.69) is 16.8 Å². The fourth-order valence-electron chi connectivity index (χ4n) is 3.94. The quantitative estimate of drug-likeness (QED) is 0.831. The molecule has 2 saturated heterocycles. The lowest BCUT2D eigenvalue weighted by molar-refractivity contribution is -0.158. The Labute approximate surface area is 158 Å². The largest absolute Gasteiger partial charge is 0.362 e. The normalized spacial score (nSPS) is 24.8. The number of hydrogen-bond acceptors (Lipinski definition) is 5. The number of hydrogen-bond donors (Lipinski definition) is 0. The number of rotatable bonds is 3. The maximum Gasteiger partial charge on any atom is 0.260 e. The highest BCUT2D eigenvalue weighted by atomic mass is 32.1. The Kier molecular flexibility index (Phi) is 5.07. The molecule has 2 aliphatic heterocycles. The Hall–Kier alpha value is -1.76. The molecule has 0 aliphatic carbocycles. The average Bonchev–Trinajstić information content (AvgIpc) is 3.00. The Morgan fingerprint density at radius 3 is 2.85 bits per heavy atom. The SMILES string of the molecule is Cc1ncsc1CN1CCOC2(CCCCN(c3ccccc3)C2=O)C1. The maximum atomic E-state index is 13.5. The van der Waals surface area contributed by atoms with Gasteiger partial charge in [-0.3, -0.25) is 9.69 Å². The summed E-state index contributed by atoms with van der Waals surface area (Å²) in [4.78, 5) is 23.4. The van der Waals surface area contributed by atoms with Crippen LogP contribution in [0.5, 0.6) is 0 Å². The zero-order chi connectivity index (χ0) is 18.0. The van der Waals surface area contributed by atoms with Crippen LogP contribution in [0.25, 0.3) is 0 Å². The summed E-state index contributed by atoms with van der Waals surface area (Å²) < 4.78 is 6.18. The Bertz CT molecular complexity index is 763. The number of benzene rings is 1. The summed E-state index contributed by atoms with van der Waals surface area (Å²) in [5, 5.41) is 0. The van der Waals surface area contributed by atoms with E-state index < -0.39 is 5.60 Å². The van der Waals surface area contributed by atoms with Crippen molar-refractivity contribution in [2.24, 2.45) is 0 Å². The molecule has 1 aromatic heterocycles. The van der Waals surface area contributed by atoms with Gasteiger partial charge in [0.25, 0.3) is 5.91 Å². The van der Waals surface area contributed by atoms with Gasteiger partial charge < -0.3 is 9.64 Å². The summed E-state index contributed by atoms with van der Waals surface area (Å²) in [6.07, 6.45) is 2.83. The molecule has 2 fully saturated rings. The first-order valence-corrected chi connectivity index (χ1v) is 10.2. The number of anilines is 1. The summed E-state index contributed by atoms with van der Waals surface area (Å²) in [5.41, 5.74) is 3.24. The van der Waals surface area contributed by atoms with Gasteiger partial charge in [-0.15, -0.1) is 11.3 Å². The van der Waals surface area contributed by atoms with Gasteiger partial charge >= 0.3 is 0 Å². The summed E-state index contributed by atoms with van der Waals surface area (Å²) in [7, 11) is 0. The summed E-state index contributed by atoms with van der Waals surface area (Å²) in [5.74, 6) is 0.118. The van der Waals surface area contributed by atoms with Gasteiger partial charge in [0, 0.05) is 36.7 Å². The number of morpholine rings is 1. The topological polar surface area (TPSA) is 45.7 Å². The van der Waals surface area contributed by atoms with Crippen LogP contribution < -0.4 is 4.90 Å². The molecular formula is C20H25N3O2S. The van der Waals surface area contributed by atoms with Crippen LogP contribution in [0.4, 0.5) is 5.69 Å². The monoisotopic (exact) mass is 371 g/mol. The molecule has 1 atom stereocenters. The molecule has 0 radical (unpaired) electrons. The van der Waals surface area contributed by atoms with Crippen LogP contribution in [-0.4, -0.2) is 47.6 Å². The molecule has 26 heavy (non-hydrogen) atoms. The van der Waals surface area contributed by atoms with E-state index in [1.54, 1.807) is 11.3 Å². The molecule has 1 amide bonds. The Balaban J connectivity index is 1.56. The predicted molar refractivity (Wildman–Crippen MR) is 103 cm³/mol. The summed E-state index contributed by atoms with van der Waals surface area (Å²) >= 11 is 1.69. The second-order valence-electron chi connectivity index (χ2n) is 7.16. The molecular weight excluding hydrogens is 346 g/mol. The minimum Gasteiger partial charge on any atom is -0.362 e. The number of aryl methyl sites for hydroxylation is 1. The fourth-order valence-corrected chi connectivity index (χ4v) is 4.76. The zero-order valence-electron chi connectivity index (χ0n) is 15.2. The summed E-state index contributed by atoms with van der Waals surface area (Å²) in [6.45, 7) is 5.79. The van der Waals surface area contributed by atoms with Gasteiger partial charge in [0.1, 0.15) is 0 Å². The van der Waals surface area contributed by atoms with E-state index in [1.807, 2.05) is 40.7 Å². The second-order valence-corrected chi connectivity index (χ2v) is 8.10. The Morgan fingerprint density at radius 1 is 1.23 bits per heavy atom. The molecule has 6 heteroatoms. The number of carbonyl (C=O) groups is 1. The van der Waals surface area contributed by atoms with Crippen molar-refractivity contribution in [3.05, 3.63) is 46.4 Å². The van der Waals surface area contributed by atoms with E-state index in [0.717, 1.165) is 50.3 Å². The van der Waals surface area contributed by atoms with Gasteiger partial charge in [-0.05, 0) is 38.3 Å². The second kappa shape index (κ2) is 7.47. The first kappa shape index (κ1) is 17.6. The third kappa shape index (κ3) is 3.41. The number of amides is 1. The van der Waals surface area contributed by atoms with E-state index >= 15 is 0 Å². The zero-order valence-corrected chi connectivity index (χ0v) is 16.0. The molecule has 1 unspecified atom stereocenters. The van der Waals surface area contributed by atoms with Crippen LogP contribution in [0, 0.1) is 6.92 Å². The number of carbonyl (C=O) groups excluding carboxylic acids is 1. The van der Waals surface area contributed by atoms with Crippen molar-refractivity contribution in [3.63, 3.8) is 0 Å². The molecule has 138 valence electrons. The minimum atomic E-state index is -0.719. The number of aromatic nitrogens is 1. The number of nitrogens with zero attached hydrogens (tertiary/aromatic N) is 3. The molecule has 2 aromatic rings. The number of thiazole rings is 1. The van der Waals surface area contributed by atoms with Crippen molar-refractivity contribution in [3.8, 4) is 0 Å². The van der Waals surface area contributed by atoms with Gasteiger partial charge in [0.15, 0.2) is 5.60 Å². The third-order valence-corrected chi connectivity index (χ3v) is 6.31. The standard InChI is InChI=1S/C20H25N3O2S/c1-16-18(26-15-21-16)13-22-11-12-25-20(14-22)9-5-6-10-23(19(20)24)17-7-3-2-4-8-17/h2-4,7-8,15H,5-6,9-14H2,1H3. The van der Waals surface area contributed by atoms with Crippen LogP contribution >= 0.6 is 11.3 Å². The van der Waals surface area contributed by atoms with Gasteiger partial charge in [-0.25, -0.2) is 4.98 Å². The van der Waals surface area contributed by atoms with Crippen LogP contribution in [-0.2, 0) is 16.1 Å². The molecule has 1 aromatic carbocycles. The molecule has 0 bridgehead atoms. The van der Waals surface area contributed by atoms with Crippen molar-refractivity contribution in [1.82, 2.24) is 9.88 Å². The highest BCUT2D eigenvalue weighted by Gasteiger charge is 2.47. The number of para-hydroxylation sites is 1. The van der Waals surface area contributed by atoms with Crippen molar-refractivity contribution < 1.29 is 9.53 Å². The molecule has 4 rings (SSSR count). The average molecular weight is 372 g/mol. The highest BCUT2D eigenvalue weighted by molar-refractivity contribution is 7.09. The minimum absolute atomic E-state index is 0.118. The van der Waals surface area contributed by atoms with Crippen LogP contribution in [0.15, 0.2) is 35.8 Å². The highest BCUT2D eigenvalue weighted by Crippen LogP contribution is 2.33. The lowest BCUT2D eigenvalue weighted by atomic mass is 9.94. The first-order valence-electron chi connectivity index (χ1n) is 9.30. The van der Waals surface area contributed by atoms with Crippen LogP contribution in [0.2, 0.25) is 0 Å². The van der Waals surface area contributed by atoms with E-state index in [1.165, 1.54) is 4.88 Å². The smallest absolute Gasteiger partial charge is 0.260 e. The van der Waals surface area contributed by atoms with E-state index in [0.29, 0.717) is 13.2 Å². The lowest BCUT2D eigenvalue weighted by Crippen LogP contribution is -2.59. The van der Waals surface area contributed by atoms with E-state index in [9.17, 15) is 4.79 Å². The first-order chi connectivity index (χ1) is 12.7. The van der Waals surface area contributed by atoms with Crippen molar-refractivity contribution >= 4 is 22.9 Å². The van der Waals surface area contributed by atoms with Crippen molar-refractivity contribution in [2.45, 2.75) is 38.3 Å². The van der Waals surface area contributed by atoms with Gasteiger partial charge in [0.2, 0.25) is 0 Å². The van der Waals surface area contributed by atoms with Crippen molar-refractivity contribution in [1.29, 1.82) is 0 Å². The molecule has 0 N–H and O–H groups in total. The summed E-state index contributed by atoms with van der Waals surface area (Å²) in [6, 6.07) is 9.98. The van der Waals surface area contributed by atoms with Crippen molar-refractivity contribution in [2.75, 3.05) is 31.1 Å². The molecule has 2 aliphatic rings. The van der Waals surface area contributed by atoms with E-state index in [-0.39, 0.29) is 5.91 Å².